The highest BCUT2D eigenvalue weighted by Crippen LogP contribution is 2.38. The maximum absolute atomic E-state index is 13.2. The van der Waals surface area contributed by atoms with E-state index >= 15 is 0 Å². The van der Waals surface area contributed by atoms with Gasteiger partial charge in [0.05, 0.1) is 18.1 Å². The van der Waals surface area contributed by atoms with Crippen LogP contribution in [-0.2, 0) is 10.9 Å². The SMILES string of the molecule is CCOC(=N)C(CCCCl)c1cc(Br)ccc1C(F)(F)F.Cl. The van der Waals surface area contributed by atoms with Crippen LogP contribution in [0.2, 0.25) is 0 Å². The Bertz CT molecular complexity index is 497. The van der Waals surface area contributed by atoms with E-state index in [0.717, 1.165) is 6.07 Å². The fourth-order valence-corrected chi connectivity index (χ4v) is 2.58. The normalized spacial score (nSPS) is 12.5. The molecule has 0 heterocycles. The second-order valence-corrected chi connectivity index (χ2v) is 5.70. The molecule has 1 aromatic rings. The molecule has 0 saturated heterocycles. The fourth-order valence-electron chi connectivity index (χ4n) is 2.05. The molecule has 126 valence electrons. The summed E-state index contributed by atoms with van der Waals surface area (Å²) in [7, 11) is 0. The van der Waals surface area contributed by atoms with Crippen molar-refractivity contribution in [3.05, 3.63) is 33.8 Å². The second kappa shape index (κ2) is 9.63. The van der Waals surface area contributed by atoms with Crippen LogP contribution in [0.3, 0.4) is 0 Å². The van der Waals surface area contributed by atoms with Crippen LogP contribution in [0.4, 0.5) is 13.2 Å². The van der Waals surface area contributed by atoms with Crippen molar-refractivity contribution in [2.45, 2.75) is 31.9 Å². The van der Waals surface area contributed by atoms with Crippen molar-refractivity contribution in [3.63, 3.8) is 0 Å². The molecule has 0 aliphatic carbocycles. The average Bonchev–Trinajstić information content (AvgIpc) is 2.38. The van der Waals surface area contributed by atoms with E-state index in [1.165, 1.54) is 12.1 Å². The van der Waals surface area contributed by atoms with Gasteiger partial charge in [0.25, 0.3) is 0 Å². The molecule has 0 aromatic heterocycles. The Kier molecular flexibility index (Phi) is 9.43. The molecule has 0 fully saturated rings. The van der Waals surface area contributed by atoms with Crippen molar-refractivity contribution < 1.29 is 17.9 Å². The van der Waals surface area contributed by atoms with E-state index in [9.17, 15) is 13.2 Å². The molecule has 0 radical (unpaired) electrons. The Morgan fingerprint density at radius 3 is 2.55 bits per heavy atom. The Labute approximate surface area is 147 Å². The first-order valence-corrected chi connectivity index (χ1v) is 7.77. The summed E-state index contributed by atoms with van der Waals surface area (Å²) in [5, 5.41) is 7.89. The zero-order chi connectivity index (χ0) is 16.0. The highest BCUT2D eigenvalue weighted by Gasteiger charge is 2.36. The molecule has 0 aliphatic heterocycles. The summed E-state index contributed by atoms with van der Waals surface area (Å²) in [6, 6.07) is 3.76. The van der Waals surface area contributed by atoms with Crippen LogP contribution in [0.15, 0.2) is 22.7 Å². The van der Waals surface area contributed by atoms with Gasteiger partial charge in [-0.1, -0.05) is 15.9 Å². The van der Waals surface area contributed by atoms with E-state index in [-0.39, 0.29) is 30.5 Å². The minimum atomic E-state index is -4.47. The Morgan fingerprint density at radius 2 is 2.05 bits per heavy atom. The van der Waals surface area contributed by atoms with Crippen LogP contribution < -0.4 is 0 Å². The first-order valence-electron chi connectivity index (χ1n) is 6.45. The van der Waals surface area contributed by atoms with Gasteiger partial charge < -0.3 is 4.74 Å². The van der Waals surface area contributed by atoms with Crippen LogP contribution in [0.1, 0.15) is 36.8 Å². The molecular formula is C14H17BrCl2F3NO. The topological polar surface area (TPSA) is 33.1 Å². The van der Waals surface area contributed by atoms with Crippen molar-refractivity contribution in [1.29, 1.82) is 5.41 Å². The van der Waals surface area contributed by atoms with Crippen LogP contribution >= 0.6 is 39.9 Å². The molecule has 1 aromatic carbocycles. The number of halogens is 6. The number of hydrogen-bond donors (Lipinski definition) is 1. The number of nitrogens with one attached hydrogen (secondary N) is 1. The summed E-state index contributed by atoms with van der Waals surface area (Å²) in [6.07, 6.45) is -3.63. The number of benzene rings is 1. The third-order valence-corrected chi connectivity index (χ3v) is 3.70. The van der Waals surface area contributed by atoms with Crippen molar-refractivity contribution in [2.24, 2.45) is 0 Å². The lowest BCUT2D eigenvalue weighted by Gasteiger charge is -2.22. The Morgan fingerprint density at radius 1 is 1.41 bits per heavy atom. The molecule has 1 unspecified atom stereocenters. The molecule has 0 spiro atoms. The van der Waals surface area contributed by atoms with E-state index in [1.54, 1.807) is 6.92 Å². The number of alkyl halides is 4. The van der Waals surface area contributed by atoms with E-state index in [2.05, 4.69) is 15.9 Å². The molecule has 1 rings (SSSR count). The van der Waals surface area contributed by atoms with E-state index in [1.807, 2.05) is 0 Å². The molecule has 1 atom stereocenters. The third kappa shape index (κ3) is 5.97. The predicted molar refractivity (Wildman–Crippen MR) is 88.4 cm³/mol. The van der Waals surface area contributed by atoms with Gasteiger partial charge in [-0.3, -0.25) is 5.41 Å². The lowest BCUT2D eigenvalue weighted by molar-refractivity contribution is -0.138. The zero-order valence-corrected chi connectivity index (χ0v) is 15.0. The molecule has 0 aliphatic rings. The average molecular weight is 423 g/mol. The van der Waals surface area contributed by atoms with Crippen LogP contribution in [0.5, 0.6) is 0 Å². The van der Waals surface area contributed by atoms with E-state index in [0.29, 0.717) is 23.2 Å². The largest absolute Gasteiger partial charge is 0.481 e. The van der Waals surface area contributed by atoms with Gasteiger partial charge in [0, 0.05) is 10.4 Å². The minimum absolute atomic E-state index is 0. The molecular weight excluding hydrogens is 406 g/mol. The van der Waals surface area contributed by atoms with Gasteiger partial charge >= 0.3 is 6.18 Å². The first-order chi connectivity index (χ1) is 9.81. The van der Waals surface area contributed by atoms with Gasteiger partial charge in [0.2, 0.25) is 0 Å². The lowest BCUT2D eigenvalue weighted by atomic mass is 9.90. The Hall–Kier alpha value is -0.460. The van der Waals surface area contributed by atoms with Crippen LogP contribution in [-0.4, -0.2) is 18.4 Å². The molecule has 2 nitrogen and oxygen atoms in total. The predicted octanol–water partition coefficient (Wildman–Crippen LogP) is 6.01. The molecule has 8 heteroatoms. The minimum Gasteiger partial charge on any atom is -0.481 e. The quantitative estimate of drug-likeness (QED) is 0.340. The first kappa shape index (κ1) is 21.5. The highest BCUT2D eigenvalue weighted by atomic mass is 79.9. The van der Waals surface area contributed by atoms with Gasteiger partial charge in [0.1, 0.15) is 0 Å². The number of hydrogen-bond acceptors (Lipinski definition) is 2. The monoisotopic (exact) mass is 421 g/mol. The fraction of sp³-hybridized carbons (Fsp3) is 0.500. The van der Waals surface area contributed by atoms with Crippen molar-refractivity contribution in [1.82, 2.24) is 0 Å². The number of rotatable bonds is 6. The maximum atomic E-state index is 13.2. The highest BCUT2D eigenvalue weighted by molar-refractivity contribution is 9.10. The summed E-state index contributed by atoms with van der Waals surface area (Å²) < 4.78 is 45.1. The smallest absolute Gasteiger partial charge is 0.416 e. The molecule has 22 heavy (non-hydrogen) atoms. The molecule has 0 bridgehead atoms. The van der Waals surface area contributed by atoms with Gasteiger partial charge in [-0.25, -0.2) is 0 Å². The van der Waals surface area contributed by atoms with Gasteiger partial charge in [-0.15, -0.1) is 24.0 Å². The zero-order valence-electron chi connectivity index (χ0n) is 11.8. The summed E-state index contributed by atoms with van der Waals surface area (Å²) in [5.74, 6) is -0.588. The van der Waals surface area contributed by atoms with E-state index < -0.39 is 17.7 Å². The van der Waals surface area contributed by atoms with Crippen LogP contribution in [0.25, 0.3) is 0 Å². The standard InChI is InChI=1S/C14H16BrClF3NO.ClH/c1-2-21-13(20)10(4-3-7-16)11-8-9(15)5-6-12(11)14(17,18)19;/h5-6,8,10,20H,2-4,7H2,1H3;1H. The second-order valence-electron chi connectivity index (χ2n) is 4.41. The van der Waals surface area contributed by atoms with Crippen molar-refractivity contribution in [3.8, 4) is 0 Å². The van der Waals surface area contributed by atoms with Crippen molar-refractivity contribution >= 4 is 45.8 Å². The van der Waals surface area contributed by atoms with Gasteiger partial charge in [-0.2, -0.15) is 13.2 Å². The van der Waals surface area contributed by atoms with Crippen molar-refractivity contribution in [2.75, 3.05) is 12.5 Å². The molecule has 1 N–H and O–H groups in total. The summed E-state index contributed by atoms with van der Waals surface area (Å²) in [4.78, 5) is 0. The van der Waals surface area contributed by atoms with Gasteiger partial charge in [0.15, 0.2) is 5.90 Å². The number of ether oxygens (including phenoxy) is 1. The summed E-state index contributed by atoms with van der Waals surface area (Å²) in [5.41, 5.74) is -0.699. The summed E-state index contributed by atoms with van der Waals surface area (Å²) >= 11 is 8.82. The summed E-state index contributed by atoms with van der Waals surface area (Å²) in [6.45, 7) is 1.93. The van der Waals surface area contributed by atoms with Crippen LogP contribution in [0, 0.1) is 5.41 Å². The molecule has 0 amide bonds. The van der Waals surface area contributed by atoms with E-state index in [4.69, 9.17) is 21.7 Å². The lowest BCUT2D eigenvalue weighted by Crippen LogP contribution is -2.20. The van der Waals surface area contributed by atoms with Gasteiger partial charge in [-0.05, 0) is 43.5 Å². The third-order valence-electron chi connectivity index (χ3n) is 2.94. The molecule has 0 saturated carbocycles. The maximum Gasteiger partial charge on any atom is 0.416 e. The Balaban J connectivity index is 0.00000441.